The first kappa shape index (κ1) is 10.6. The maximum atomic E-state index is 10.8. The smallest absolute Gasteiger partial charge is 0.133 e. The highest BCUT2D eigenvalue weighted by atomic mass is 16.1. The predicted octanol–water partition coefficient (Wildman–Crippen LogP) is 2.08. The number of hydrogen-bond acceptors (Lipinski definition) is 2. The first-order valence-electron chi connectivity index (χ1n) is 4.54. The molecule has 0 aromatic rings. The van der Waals surface area contributed by atoms with Crippen LogP contribution in [0.1, 0.15) is 13.8 Å². The molecule has 0 N–H and O–H groups in total. The van der Waals surface area contributed by atoms with Crippen LogP contribution in [0.5, 0.6) is 0 Å². The van der Waals surface area contributed by atoms with Gasteiger partial charge in [-0.1, -0.05) is 36.5 Å². The van der Waals surface area contributed by atoms with Crippen molar-refractivity contribution in [2.45, 2.75) is 13.8 Å². The van der Waals surface area contributed by atoms with E-state index >= 15 is 0 Å². The quantitative estimate of drug-likeness (QED) is 0.493. The zero-order valence-corrected chi connectivity index (χ0v) is 8.44. The molecule has 0 heterocycles. The van der Waals surface area contributed by atoms with Gasteiger partial charge in [-0.15, -0.1) is 0 Å². The summed E-state index contributed by atoms with van der Waals surface area (Å²) in [6, 6.07) is 0. The molecule has 0 aliphatic heterocycles. The van der Waals surface area contributed by atoms with Crippen LogP contribution in [0.4, 0.5) is 0 Å². The normalized spacial score (nSPS) is 40.7. The van der Waals surface area contributed by atoms with Gasteiger partial charge < -0.3 is 9.59 Å². The molecule has 2 atom stereocenters. The van der Waals surface area contributed by atoms with Crippen LogP contribution in [-0.2, 0) is 9.59 Å². The van der Waals surface area contributed by atoms with E-state index in [1.807, 2.05) is 0 Å². The molecule has 1 aliphatic rings. The van der Waals surface area contributed by atoms with Gasteiger partial charge in [0.15, 0.2) is 0 Å². The molecule has 0 fully saturated rings. The lowest BCUT2D eigenvalue weighted by atomic mass is 9.83. The molecular weight excluding hydrogens is 176 g/mol. The van der Waals surface area contributed by atoms with Gasteiger partial charge >= 0.3 is 0 Å². The Labute approximate surface area is 84.0 Å². The molecule has 2 heteroatoms. The molecule has 1 aliphatic carbocycles. The fourth-order valence-electron chi connectivity index (χ4n) is 1.15. The van der Waals surface area contributed by atoms with Gasteiger partial charge in [-0.2, -0.15) is 0 Å². The van der Waals surface area contributed by atoms with Crippen LogP contribution in [0, 0.1) is 10.8 Å². The Morgan fingerprint density at radius 1 is 0.786 bits per heavy atom. The second kappa shape index (κ2) is 3.74. The number of carbonyl (C=O) groups excluding carboxylic acids is 2. The number of aldehydes is 2. The van der Waals surface area contributed by atoms with Crippen LogP contribution in [-0.4, -0.2) is 12.6 Å². The van der Waals surface area contributed by atoms with Gasteiger partial charge in [0.2, 0.25) is 0 Å². The lowest BCUT2D eigenvalue weighted by molar-refractivity contribution is -0.113. The minimum absolute atomic E-state index is 0.602. The lowest BCUT2D eigenvalue weighted by Gasteiger charge is -2.19. The Bertz CT molecular complexity index is 293. The Morgan fingerprint density at radius 3 is 1.43 bits per heavy atom. The van der Waals surface area contributed by atoms with Crippen molar-refractivity contribution in [3.63, 3.8) is 0 Å². The third-order valence-electron chi connectivity index (χ3n) is 2.33. The molecule has 0 aromatic carbocycles. The topological polar surface area (TPSA) is 34.1 Å². The summed E-state index contributed by atoms with van der Waals surface area (Å²) < 4.78 is 0. The molecule has 2 unspecified atom stereocenters. The highest BCUT2D eigenvalue weighted by Gasteiger charge is 2.21. The molecule has 1 rings (SSSR count). The summed E-state index contributed by atoms with van der Waals surface area (Å²) >= 11 is 0. The SMILES string of the molecule is CC1(C=O)C=CC(C)(C=O)/C=C\C=C/1. The third kappa shape index (κ3) is 2.28. The molecule has 0 saturated carbocycles. The van der Waals surface area contributed by atoms with Gasteiger partial charge in [-0.3, -0.25) is 0 Å². The Kier molecular flexibility index (Phi) is 2.84. The van der Waals surface area contributed by atoms with Crippen molar-refractivity contribution in [2.75, 3.05) is 0 Å². The van der Waals surface area contributed by atoms with E-state index in [-0.39, 0.29) is 0 Å². The lowest BCUT2D eigenvalue weighted by Crippen LogP contribution is -2.17. The van der Waals surface area contributed by atoms with E-state index in [1.54, 1.807) is 50.3 Å². The monoisotopic (exact) mass is 190 g/mol. The maximum Gasteiger partial charge on any atom is 0.133 e. The number of rotatable bonds is 2. The van der Waals surface area contributed by atoms with Crippen LogP contribution in [0.15, 0.2) is 36.5 Å². The average molecular weight is 190 g/mol. The summed E-state index contributed by atoms with van der Waals surface area (Å²) in [7, 11) is 0. The van der Waals surface area contributed by atoms with Crippen molar-refractivity contribution in [1.82, 2.24) is 0 Å². The molecule has 74 valence electrons. The van der Waals surface area contributed by atoms with Crippen LogP contribution < -0.4 is 0 Å². The van der Waals surface area contributed by atoms with Crippen molar-refractivity contribution in [3.05, 3.63) is 36.5 Å². The molecule has 0 bridgehead atoms. The van der Waals surface area contributed by atoms with Crippen molar-refractivity contribution in [3.8, 4) is 0 Å². The van der Waals surface area contributed by atoms with Crippen LogP contribution in [0.2, 0.25) is 0 Å². The van der Waals surface area contributed by atoms with E-state index in [0.29, 0.717) is 0 Å². The molecule has 0 saturated heterocycles. The summed E-state index contributed by atoms with van der Waals surface area (Å²) in [4.78, 5) is 21.7. The number of allylic oxidation sites excluding steroid dienone is 6. The fraction of sp³-hybridized carbons (Fsp3) is 0.333. The van der Waals surface area contributed by atoms with Crippen molar-refractivity contribution in [1.29, 1.82) is 0 Å². The standard InChI is InChI=1S/C12H14O2/c1-11(9-13)5-3-4-6-12(2,10-14)8-7-11/h3-10H,1-2H3/b5-3-,6-4-,8-7?. The van der Waals surface area contributed by atoms with Gasteiger partial charge in [0, 0.05) is 0 Å². The summed E-state index contributed by atoms with van der Waals surface area (Å²) in [6.45, 7) is 3.61. The Balaban J connectivity index is 3.11. The second-order valence-corrected chi connectivity index (χ2v) is 4.02. The van der Waals surface area contributed by atoms with Crippen LogP contribution >= 0.6 is 0 Å². The molecule has 0 spiro atoms. The van der Waals surface area contributed by atoms with Crippen LogP contribution in [0.3, 0.4) is 0 Å². The summed E-state index contributed by atoms with van der Waals surface area (Å²) in [5.41, 5.74) is -1.20. The Hall–Kier alpha value is -1.44. The molecular formula is C12H14O2. The van der Waals surface area contributed by atoms with E-state index in [4.69, 9.17) is 0 Å². The van der Waals surface area contributed by atoms with Gasteiger partial charge in [-0.25, -0.2) is 0 Å². The number of carbonyl (C=O) groups is 2. The van der Waals surface area contributed by atoms with Crippen molar-refractivity contribution >= 4 is 12.6 Å². The fourth-order valence-corrected chi connectivity index (χ4v) is 1.15. The summed E-state index contributed by atoms with van der Waals surface area (Å²) in [5, 5.41) is 0. The molecule has 0 amide bonds. The molecule has 2 nitrogen and oxygen atoms in total. The zero-order valence-electron chi connectivity index (χ0n) is 8.44. The van der Waals surface area contributed by atoms with E-state index in [2.05, 4.69) is 0 Å². The van der Waals surface area contributed by atoms with E-state index in [0.717, 1.165) is 12.6 Å². The molecule has 0 radical (unpaired) electrons. The maximum absolute atomic E-state index is 10.8. The average Bonchev–Trinajstić information content (AvgIpc) is 2.20. The first-order valence-corrected chi connectivity index (χ1v) is 4.54. The van der Waals surface area contributed by atoms with E-state index < -0.39 is 10.8 Å². The van der Waals surface area contributed by atoms with Gasteiger partial charge in [0.05, 0.1) is 10.8 Å². The molecule has 14 heavy (non-hydrogen) atoms. The minimum Gasteiger partial charge on any atom is -0.302 e. The zero-order chi connectivity index (χ0) is 10.7. The van der Waals surface area contributed by atoms with Gasteiger partial charge in [0.25, 0.3) is 0 Å². The van der Waals surface area contributed by atoms with Crippen molar-refractivity contribution < 1.29 is 9.59 Å². The second-order valence-electron chi connectivity index (χ2n) is 4.02. The van der Waals surface area contributed by atoms with E-state index in [1.165, 1.54) is 0 Å². The first-order chi connectivity index (χ1) is 6.54. The highest BCUT2D eigenvalue weighted by molar-refractivity contribution is 5.69. The van der Waals surface area contributed by atoms with Gasteiger partial charge in [0.1, 0.15) is 12.6 Å². The third-order valence-corrected chi connectivity index (χ3v) is 2.33. The highest BCUT2D eigenvalue weighted by Crippen LogP contribution is 2.25. The summed E-state index contributed by atoms with van der Waals surface area (Å²) in [5.74, 6) is 0. The van der Waals surface area contributed by atoms with Crippen molar-refractivity contribution in [2.24, 2.45) is 10.8 Å². The number of hydrogen-bond donors (Lipinski definition) is 0. The molecule has 0 aromatic heterocycles. The summed E-state index contributed by atoms with van der Waals surface area (Å²) in [6.07, 6.45) is 12.4. The predicted molar refractivity (Wildman–Crippen MR) is 55.8 cm³/mol. The Morgan fingerprint density at radius 2 is 1.14 bits per heavy atom. The van der Waals surface area contributed by atoms with E-state index in [9.17, 15) is 9.59 Å². The minimum atomic E-state index is -0.602. The largest absolute Gasteiger partial charge is 0.302 e. The van der Waals surface area contributed by atoms with Gasteiger partial charge in [-0.05, 0) is 13.8 Å². The van der Waals surface area contributed by atoms with Crippen LogP contribution in [0.25, 0.3) is 0 Å².